The highest BCUT2D eigenvalue weighted by Crippen LogP contribution is 2.44. The molecule has 0 atom stereocenters. The van der Waals surface area contributed by atoms with Crippen molar-refractivity contribution in [3.63, 3.8) is 0 Å². The molecule has 0 saturated heterocycles. The molecule has 4 rings (SSSR count). The minimum atomic E-state index is -0.0822. The molecule has 0 aliphatic carbocycles. The lowest BCUT2D eigenvalue weighted by molar-refractivity contribution is 0.0993. The van der Waals surface area contributed by atoms with Gasteiger partial charge < -0.3 is 9.64 Å². The van der Waals surface area contributed by atoms with E-state index in [-0.39, 0.29) is 5.91 Å². The summed E-state index contributed by atoms with van der Waals surface area (Å²) in [4.78, 5) is 15.3. The number of hydrogen-bond donors (Lipinski definition) is 0. The minimum absolute atomic E-state index is 0.0822. The van der Waals surface area contributed by atoms with Gasteiger partial charge in [-0.05, 0) is 30.2 Å². The van der Waals surface area contributed by atoms with Gasteiger partial charge in [0.2, 0.25) is 0 Å². The summed E-state index contributed by atoms with van der Waals surface area (Å²) in [6, 6.07) is 11.6. The Balaban J connectivity index is 1.81. The zero-order chi connectivity index (χ0) is 16.8. The lowest BCUT2D eigenvalue weighted by Crippen LogP contribution is -2.28. The zero-order valence-electron chi connectivity index (χ0n) is 12.8. The summed E-state index contributed by atoms with van der Waals surface area (Å²) in [6.45, 7) is 0.666. The van der Waals surface area contributed by atoms with Gasteiger partial charge in [-0.3, -0.25) is 4.79 Å². The van der Waals surface area contributed by atoms with E-state index in [0.717, 1.165) is 22.2 Å². The van der Waals surface area contributed by atoms with Gasteiger partial charge >= 0.3 is 0 Å². The van der Waals surface area contributed by atoms with Crippen molar-refractivity contribution in [2.24, 2.45) is 0 Å². The molecule has 0 N–H and O–H groups in total. The van der Waals surface area contributed by atoms with Gasteiger partial charge in [0.25, 0.3) is 5.91 Å². The third kappa shape index (κ3) is 2.29. The van der Waals surface area contributed by atoms with Crippen molar-refractivity contribution in [3.05, 3.63) is 56.9 Å². The van der Waals surface area contributed by atoms with Gasteiger partial charge in [0.05, 0.1) is 16.8 Å². The number of rotatable bonds is 2. The molecule has 0 saturated carbocycles. The third-order valence-corrected chi connectivity index (χ3v) is 6.45. The van der Waals surface area contributed by atoms with Gasteiger partial charge in [0.1, 0.15) is 15.6 Å². The second-order valence-electron chi connectivity index (χ2n) is 5.54. The lowest BCUT2D eigenvalue weighted by atomic mass is 10.2. The van der Waals surface area contributed by atoms with Gasteiger partial charge in [-0.25, -0.2) is 0 Å². The molecule has 2 heterocycles. The normalized spacial score (nSPS) is 13.4. The number of halogens is 2. The topological polar surface area (TPSA) is 29.5 Å². The number of ether oxygens (including phenoxy) is 1. The quantitative estimate of drug-likeness (QED) is 0.596. The van der Waals surface area contributed by atoms with E-state index in [1.54, 1.807) is 18.1 Å². The van der Waals surface area contributed by atoms with Gasteiger partial charge in [0.15, 0.2) is 0 Å². The number of carbonyl (C=O) groups excluding carboxylic acids is 1. The van der Waals surface area contributed by atoms with Crippen LogP contribution in [0.15, 0.2) is 36.4 Å². The highest BCUT2D eigenvalue weighted by atomic mass is 35.5. The van der Waals surface area contributed by atoms with Crippen LogP contribution in [0.1, 0.15) is 15.2 Å². The second kappa shape index (κ2) is 5.96. The van der Waals surface area contributed by atoms with E-state index in [1.807, 2.05) is 24.3 Å². The molecule has 1 aliphatic heterocycles. The van der Waals surface area contributed by atoms with Crippen molar-refractivity contribution in [1.29, 1.82) is 0 Å². The number of anilines is 1. The number of hydrogen-bond acceptors (Lipinski definition) is 3. The molecule has 0 spiro atoms. The molecule has 0 bridgehead atoms. The van der Waals surface area contributed by atoms with Gasteiger partial charge in [0, 0.05) is 17.6 Å². The number of fused-ring (bicyclic) bond motifs is 2. The third-order valence-electron chi connectivity index (χ3n) is 4.25. The van der Waals surface area contributed by atoms with E-state index in [9.17, 15) is 4.79 Å². The number of nitrogens with zero attached hydrogens (tertiary/aromatic N) is 1. The van der Waals surface area contributed by atoms with Gasteiger partial charge in [-0.1, -0.05) is 41.4 Å². The van der Waals surface area contributed by atoms with Crippen LogP contribution in [0.25, 0.3) is 10.1 Å². The van der Waals surface area contributed by atoms with Crippen LogP contribution < -0.4 is 9.64 Å². The highest BCUT2D eigenvalue weighted by molar-refractivity contribution is 7.22. The Morgan fingerprint density at radius 3 is 2.75 bits per heavy atom. The van der Waals surface area contributed by atoms with Crippen molar-refractivity contribution < 1.29 is 9.53 Å². The van der Waals surface area contributed by atoms with E-state index in [1.165, 1.54) is 16.9 Å². The number of thiophene rings is 1. The van der Waals surface area contributed by atoms with E-state index >= 15 is 0 Å². The molecule has 3 nitrogen and oxygen atoms in total. The highest BCUT2D eigenvalue weighted by Gasteiger charge is 2.29. The summed E-state index contributed by atoms with van der Waals surface area (Å²) in [6.07, 6.45) is 0.860. The standard InChI is InChI=1S/C18H13Cl2NO2S/c1-23-13-7-6-11-14(19)17(24-16(11)15(13)20)18(22)21-9-8-10-4-2-3-5-12(10)21/h2-7H,8-9H2,1H3. The molecular weight excluding hydrogens is 365 g/mol. The molecular formula is C18H13Cl2NO2S. The Bertz CT molecular complexity index is 967. The second-order valence-corrected chi connectivity index (χ2v) is 7.32. The molecule has 1 aliphatic rings. The van der Waals surface area contributed by atoms with Crippen LogP contribution in [0.5, 0.6) is 5.75 Å². The molecule has 3 aromatic rings. The van der Waals surface area contributed by atoms with Crippen molar-refractivity contribution in [2.75, 3.05) is 18.6 Å². The first-order chi connectivity index (χ1) is 11.6. The molecule has 24 heavy (non-hydrogen) atoms. The van der Waals surface area contributed by atoms with Crippen molar-refractivity contribution in [1.82, 2.24) is 0 Å². The number of para-hydroxylation sites is 1. The number of benzene rings is 2. The van der Waals surface area contributed by atoms with E-state index in [4.69, 9.17) is 27.9 Å². The first-order valence-electron chi connectivity index (χ1n) is 7.46. The Morgan fingerprint density at radius 2 is 1.96 bits per heavy atom. The number of methoxy groups -OCH3 is 1. The van der Waals surface area contributed by atoms with Crippen molar-refractivity contribution >= 4 is 56.2 Å². The maximum atomic E-state index is 13.0. The maximum Gasteiger partial charge on any atom is 0.269 e. The monoisotopic (exact) mass is 377 g/mol. The van der Waals surface area contributed by atoms with E-state index < -0.39 is 0 Å². The number of carbonyl (C=O) groups is 1. The first-order valence-corrected chi connectivity index (χ1v) is 9.03. The predicted molar refractivity (Wildman–Crippen MR) is 100 cm³/mol. The van der Waals surface area contributed by atoms with Crippen LogP contribution in [0.3, 0.4) is 0 Å². The average Bonchev–Trinajstić information content (AvgIpc) is 3.17. The SMILES string of the molecule is COc1ccc2c(Cl)c(C(=O)N3CCc4ccccc43)sc2c1Cl. The molecule has 0 radical (unpaired) electrons. The summed E-state index contributed by atoms with van der Waals surface area (Å²) < 4.78 is 6.02. The first kappa shape index (κ1) is 15.8. The van der Waals surface area contributed by atoms with Crippen LogP contribution >= 0.6 is 34.5 Å². The fourth-order valence-electron chi connectivity index (χ4n) is 3.05. The smallest absolute Gasteiger partial charge is 0.269 e. The Labute approximate surface area is 153 Å². The molecule has 2 aromatic carbocycles. The van der Waals surface area contributed by atoms with E-state index in [0.29, 0.717) is 27.2 Å². The summed E-state index contributed by atoms with van der Waals surface area (Å²) >= 11 is 14.2. The summed E-state index contributed by atoms with van der Waals surface area (Å²) in [5, 5.41) is 1.72. The van der Waals surface area contributed by atoms with Crippen LogP contribution in [0.4, 0.5) is 5.69 Å². The fourth-order valence-corrected chi connectivity index (χ4v) is 4.89. The van der Waals surface area contributed by atoms with Crippen LogP contribution in [0.2, 0.25) is 10.0 Å². The predicted octanol–water partition coefficient (Wildman–Crippen LogP) is 5.42. The average molecular weight is 378 g/mol. The van der Waals surface area contributed by atoms with Crippen molar-refractivity contribution in [3.8, 4) is 5.75 Å². The summed E-state index contributed by atoms with van der Waals surface area (Å²) in [5.41, 5.74) is 2.14. The molecule has 6 heteroatoms. The lowest BCUT2D eigenvalue weighted by Gasteiger charge is -2.16. The number of amides is 1. The molecule has 122 valence electrons. The zero-order valence-corrected chi connectivity index (χ0v) is 15.1. The largest absolute Gasteiger partial charge is 0.495 e. The fraction of sp³-hybridized carbons (Fsp3) is 0.167. The Morgan fingerprint density at radius 1 is 1.17 bits per heavy atom. The molecule has 0 unspecified atom stereocenters. The molecule has 0 fully saturated rings. The van der Waals surface area contributed by atoms with Crippen LogP contribution in [-0.4, -0.2) is 19.6 Å². The van der Waals surface area contributed by atoms with Crippen molar-refractivity contribution in [2.45, 2.75) is 6.42 Å². The Kier molecular flexibility index (Phi) is 3.91. The van der Waals surface area contributed by atoms with Gasteiger partial charge in [-0.2, -0.15) is 0 Å². The Hall–Kier alpha value is -1.75. The minimum Gasteiger partial charge on any atom is -0.495 e. The maximum absolute atomic E-state index is 13.0. The molecule has 1 amide bonds. The van der Waals surface area contributed by atoms with Gasteiger partial charge in [-0.15, -0.1) is 11.3 Å². The van der Waals surface area contributed by atoms with Crippen LogP contribution in [-0.2, 0) is 6.42 Å². The van der Waals surface area contributed by atoms with E-state index in [2.05, 4.69) is 6.07 Å². The summed E-state index contributed by atoms with van der Waals surface area (Å²) in [5.74, 6) is 0.494. The molecule has 1 aromatic heterocycles. The summed E-state index contributed by atoms with van der Waals surface area (Å²) in [7, 11) is 1.56. The van der Waals surface area contributed by atoms with Crippen LogP contribution in [0, 0.1) is 0 Å².